The van der Waals surface area contributed by atoms with Crippen LogP contribution in [0.5, 0.6) is 5.75 Å². The zero-order chi connectivity index (χ0) is 14.8. The molecule has 0 unspecified atom stereocenters. The minimum absolute atomic E-state index is 0.0560. The molecule has 1 amide bonds. The molecule has 0 saturated carbocycles. The number of halogens is 2. The van der Waals surface area contributed by atoms with Gasteiger partial charge in [-0.15, -0.1) is 0 Å². The third-order valence-corrected chi connectivity index (χ3v) is 3.91. The molecule has 0 bridgehead atoms. The van der Waals surface area contributed by atoms with E-state index in [0.29, 0.717) is 19.7 Å². The first-order valence-corrected chi connectivity index (χ1v) is 7.12. The number of fused-ring (bicyclic) bond motifs is 1. The predicted molar refractivity (Wildman–Crippen MR) is 75.4 cm³/mol. The Kier molecular flexibility index (Phi) is 3.90. The van der Waals surface area contributed by atoms with Crippen LogP contribution in [0.3, 0.4) is 0 Å². The molecule has 1 aromatic rings. The summed E-state index contributed by atoms with van der Waals surface area (Å²) in [4.78, 5) is 13.5. The van der Waals surface area contributed by atoms with Gasteiger partial charge in [-0.2, -0.15) is 0 Å². The lowest BCUT2D eigenvalue weighted by molar-refractivity contribution is -0.133. The average molecular weight is 293 g/mol. The number of carbonyl (C=O) groups is 1. The van der Waals surface area contributed by atoms with Crippen LogP contribution in [-0.4, -0.2) is 36.9 Å². The van der Waals surface area contributed by atoms with Gasteiger partial charge >= 0.3 is 0 Å². The van der Waals surface area contributed by atoms with Crippen LogP contribution in [0.4, 0.5) is 8.78 Å². The van der Waals surface area contributed by atoms with Crippen molar-refractivity contribution in [2.24, 2.45) is 5.92 Å². The maximum Gasteiger partial charge on any atom is 0.246 e. The van der Waals surface area contributed by atoms with E-state index in [4.69, 9.17) is 4.74 Å². The number of hydrogen-bond acceptors (Lipinski definition) is 2. The van der Waals surface area contributed by atoms with Gasteiger partial charge in [-0.05, 0) is 35.3 Å². The molecule has 5 heteroatoms. The fourth-order valence-electron chi connectivity index (χ4n) is 2.73. The topological polar surface area (TPSA) is 29.5 Å². The minimum Gasteiger partial charge on any atom is -0.493 e. The summed E-state index contributed by atoms with van der Waals surface area (Å²) in [6, 6.07) is 5.83. The lowest BCUT2D eigenvalue weighted by atomic mass is 9.96. The quantitative estimate of drug-likeness (QED) is 0.799. The van der Waals surface area contributed by atoms with E-state index < -0.39 is 6.43 Å². The standard InChI is InChI=1S/C16H17F2NO2/c17-15(18)8-12-9-19(10-12)16(20)4-2-11-1-3-14-13(7-11)5-6-21-14/h1-4,7,12,15H,5-6,8-10H2. The summed E-state index contributed by atoms with van der Waals surface area (Å²) in [5.41, 5.74) is 2.11. The lowest BCUT2D eigenvalue weighted by Gasteiger charge is -2.38. The van der Waals surface area contributed by atoms with Crippen LogP contribution in [-0.2, 0) is 11.2 Å². The Labute approximate surface area is 122 Å². The van der Waals surface area contributed by atoms with Crippen molar-refractivity contribution in [1.82, 2.24) is 4.90 Å². The Morgan fingerprint density at radius 3 is 3.00 bits per heavy atom. The fourth-order valence-corrected chi connectivity index (χ4v) is 2.73. The summed E-state index contributed by atoms with van der Waals surface area (Å²) < 4.78 is 29.8. The van der Waals surface area contributed by atoms with Crippen molar-refractivity contribution in [3.05, 3.63) is 35.4 Å². The average Bonchev–Trinajstić information content (AvgIpc) is 2.86. The van der Waals surface area contributed by atoms with E-state index in [2.05, 4.69) is 0 Å². The maximum absolute atomic E-state index is 12.2. The number of rotatable bonds is 4. The van der Waals surface area contributed by atoms with Crippen molar-refractivity contribution >= 4 is 12.0 Å². The summed E-state index contributed by atoms with van der Waals surface area (Å²) in [5.74, 6) is 0.743. The largest absolute Gasteiger partial charge is 0.493 e. The normalized spacial score (nSPS) is 18.0. The number of carbonyl (C=O) groups excluding carboxylic acids is 1. The number of benzene rings is 1. The van der Waals surface area contributed by atoms with Crippen LogP contribution in [0.15, 0.2) is 24.3 Å². The van der Waals surface area contributed by atoms with Gasteiger partial charge in [0.1, 0.15) is 5.75 Å². The van der Waals surface area contributed by atoms with Gasteiger partial charge in [0.2, 0.25) is 12.3 Å². The predicted octanol–water partition coefficient (Wildman–Crippen LogP) is 2.75. The summed E-state index contributed by atoms with van der Waals surface area (Å²) in [6.07, 6.45) is 1.78. The molecule has 2 aliphatic rings. The first-order valence-electron chi connectivity index (χ1n) is 7.12. The number of amides is 1. The van der Waals surface area contributed by atoms with Gasteiger partial charge < -0.3 is 9.64 Å². The van der Waals surface area contributed by atoms with E-state index in [1.165, 1.54) is 6.08 Å². The van der Waals surface area contributed by atoms with Crippen molar-refractivity contribution in [3.63, 3.8) is 0 Å². The van der Waals surface area contributed by atoms with Gasteiger partial charge in [0.15, 0.2) is 0 Å². The molecule has 21 heavy (non-hydrogen) atoms. The first kappa shape index (κ1) is 14.0. The minimum atomic E-state index is -2.28. The van der Waals surface area contributed by atoms with Gasteiger partial charge in [-0.1, -0.05) is 6.07 Å². The lowest BCUT2D eigenvalue weighted by Crippen LogP contribution is -2.49. The fraction of sp³-hybridized carbons (Fsp3) is 0.438. The summed E-state index contributed by atoms with van der Waals surface area (Å²) in [5, 5.41) is 0. The molecule has 0 aliphatic carbocycles. The van der Waals surface area contributed by atoms with Gasteiger partial charge in [0, 0.05) is 32.0 Å². The Morgan fingerprint density at radius 2 is 2.24 bits per heavy atom. The van der Waals surface area contributed by atoms with Crippen LogP contribution < -0.4 is 4.74 Å². The SMILES string of the molecule is O=C(C=Cc1ccc2c(c1)CCO2)N1CC(CC(F)F)C1. The number of hydrogen-bond donors (Lipinski definition) is 0. The Balaban J connectivity index is 1.53. The highest BCUT2D eigenvalue weighted by molar-refractivity contribution is 5.92. The third kappa shape index (κ3) is 3.23. The molecule has 2 aliphatic heterocycles. The Morgan fingerprint density at radius 1 is 1.43 bits per heavy atom. The van der Waals surface area contributed by atoms with E-state index in [0.717, 1.165) is 23.3 Å². The van der Waals surface area contributed by atoms with E-state index in [1.807, 2.05) is 18.2 Å². The Bertz CT molecular complexity index is 565. The molecule has 0 spiro atoms. The molecule has 1 saturated heterocycles. The van der Waals surface area contributed by atoms with Crippen molar-refractivity contribution in [2.45, 2.75) is 19.3 Å². The molecule has 0 atom stereocenters. The summed E-state index contributed by atoms with van der Waals surface area (Å²) in [6.45, 7) is 1.58. The second-order valence-electron chi connectivity index (χ2n) is 5.53. The van der Waals surface area contributed by atoms with Crippen LogP contribution in [0.2, 0.25) is 0 Å². The highest BCUT2D eigenvalue weighted by Gasteiger charge is 2.31. The number of ether oxygens (including phenoxy) is 1. The van der Waals surface area contributed by atoms with Crippen molar-refractivity contribution in [3.8, 4) is 5.75 Å². The van der Waals surface area contributed by atoms with Crippen molar-refractivity contribution in [2.75, 3.05) is 19.7 Å². The molecular weight excluding hydrogens is 276 g/mol. The maximum atomic E-state index is 12.2. The number of likely N-dealkylation sites (tertiary alicyclic amines) is 1. The van der Waals surface area contributed by atoms with E-state index >= 15 is 0 Å². The molecule has 112 valence electrons. The van der Waals surface area contributed by atoms with Crippen molar-refractivity contribution in [1.29, 1.82) is 0 Å². The van der Waals surface area contributed by atoms with E-state index in [1.54, 1.807) is 11.0 Å². The zero-order valence-electron chi connectivity index (χ0n) is 11.6. The van der Waals surface area contributed by atoms with Crippen LogP contribution in [0.1, 0.15) is 17.5 Å². The number of alkyl halides is 2. The van der Waals surface area contributed by atoms with Crippen LogP contribution >= 0.6 is 0 Å². The molecule has 0 aromatic heterocycles. The number of nitrogens with zero attached hydrogens (tertiary/aromatic N) is 1. The second kappa shape index (κ2) is 5.84. The summed E-state index contributed by atoms with van der Waals surface area (Å²) in [7, 11) is 0. The summed E-state index contributed by atoms with van der Waals surface area (Å²) >= 11 is 0. The van der Waals surface area contributed by atoms with Gasteiger partial charge in [0.05, 0.1) is 6.61 Å². The molecule has 1 aromatic carbocycles. The molecule has 3 rings (SSSR count). The molecule has 3 nitrogen and oxygen atoms in total. The molecule has 0 radical (unpaired) electrons. The highest BCUT2D eigenvalue weighted by Crippen LogP contribution is 2.26. The molecule has 0 N–H and O–H groups in total. The smallest absolute Gasteiger partial charge is 0.246 e. The monoisotopic (exact) mass is 293 g/mol. The van der Waals surface area contributed by atoms with Crippen molar-refractivity contribution < 1.29 is 18.3 Å². The third-order valence-electron chi connectivity index (χ3n) is 3.91. The Hall–Kier alpha value is -1.91. The van der Waals surface area contributed by atoms with Crippen LogP contribution in [0, 0.1) is 5.92 Å². The van der Waals surface area contributed by atoms with Gasteiger partial charge in [-0.3, -0.25) is 4.79 Å². The van der Waals surface area contributed by atoms with E-state index in [-0.39, 0.29) is 18.2 Å². The second-order valence-corrected chi connectivity index (χ2v) is 5.53. The van der Waals surface area contributed by atoms with Crippen LogP contribution in [0.25, 0.3) is 6.08 Å². The molecule has 1 fully saturated rings. The molecule has 2 heterocycles. The first-order chi connectivity index (χ1) is 10.1. The van der Waals surface area contributed by atoms with Gasteiger partial charge in [-0.25, -0.2) is 8.78 Å². The highest BCUT2D eigenvalue weighted by atomic mass is 19.3. The zero-order valence-corrected chi connectivity index (χ0v) is 11.6. The molecular formula is C16H17F2NO2. The van der Waals surface area contributed by atoms with Gasteiger partial charge in [0.25, 0.3) is 0 Å². The van der Waals surface area contributed by atoms with E-state index in [9.17, 15) is 13.6 Å².